The van der Waals surface area contributed by atoms with Gasteiger partial charge >= 0.3 is 0 Å². The summed E-state index contributed by atoms with van der Waals surface area (Å²) in [7, 11) is 0. The van der Waals surface area contributed by atoms with Crippen LogP contribution in [0, 0.1) is 6.92 Å². The first kappa shape index (κ1) is 16.9. The molecule has 0 aliphatic carbocycles. The van der Waals surface area contributed by atoms with E-state index in [0.29, 0.717) is 0 Å². The Hall–Kier alpha value is -1.98. The Labute approximate surface area is 154 Å². The Morgan fingerprint density at radius 1 is 1.12 bits per heavy atom. The number of aromatic nitrogens is 1. The van der Waals surface area contributed by atoms with E-state index in [0.717, 1.165) is 33.5 Å². The third-order valence-electron chi connectivity index (χ3n) is 3.51. The summed E-state index contributed by atoms with van der Waals surface area (Å²) in [4.78, 5) is 5.64. The number of thiazole rings is 1. The van der Waals surface area contributed by atoms with Crippen LogP contribution in [0.15, 0.2) is 74.5 Å². The van der Waals surface area contributed by atoms with Gasteiger partial charge in [-0.15, -0.1) is 11.3 Å². The van der Waals surface area contributed by atoms with Gasteiger partial charge < -0.3 is 0 Å². The normalized spacial score (nSPS) is 12.2. The molecular weight excluding hydrogens is 382 g/mol. The summed E-state index contributed by atoms with van der Waals surface area (Å²) in [6, 6.07) is 18.5. The van der Waals surface area contributed by atoms with E-state index in [1.54, 1.807) is 11.3 Å². The number of benzene rings is 2. The molecule has 3 rings (SSSR count). The summed E-state index contributed by atoms with van der Waals surface area (Å²) < 4.78 is 2.95. The SMILES string of the molecule is Cc1csc(=NCCc2ccccc2)n1N=Cc1cccc(Br)c1. The van der Waals surface area contributed by atoms with Crippen LogP contribution in [0.5, 0.6) is 0 Å². The van der Waals surface area contributed by atoms with Crippen LogP contribution in [0.3, 0.4) is 0 Å². The first-order valence-electron chi connectivity index (χ1n) is 7.74. The lowest BCUT2D eigenvalue weighted by Gasteiger charge is -1.99. The predicted molar refractivity (Wildman–Crippen MR) is 105 cm³/mol. The summed E-state index contributed by atoms with van der Waals surface area (Å²) in [5.41, 5.74) is 3.45. The summed E-state index contributed by atoms with van der Waals surface area (Å²) >= 11 is 5.10. The molecule has 0 aliphatic heterocycles. The van der Waals surface area contributed by atoms with Crippen molar-refractivity contribution >= 4 is 33.5 Å². The average Bonchev–Trinajstić information content (AvgIpc) is 2.94. The monoisotopic (exact) mass is 399 g/mol. The fourth-order valence-corrected chi connectivity index (χ4v) is 3.52. The van der Waals surface area contributed by atoms with Gasteiger partial charge in [-0.25, -0.2) is 4.68 Å². The van der Waals surface area contributed by atoms with Crippen molar-refractivity contribution in [2.45, 2.75) is 13.3 Å². The molecule has 3 nitrogen and oxygen atoms in total. The fraction of sp³-hybridized carbons (Fsp3) is 0.158. The maximum absolute atomic E-state index is 4.71. The van der Waals surface area contributed by atoms with Crippen LogP contribution in [0.2, 0.25) is 0 Å². The van der Waals surface area contributed by atoms with Gasteiger partial charge in [-0.3, -0.25) is 4.99 Å². The first-order valence-corrected chi connectivity index (χ1v) is 9.41. The molecule has 2 aromatic carbocycles. The molecule has 0 unspecified atom stereocenters. The van der Waals surface area contributed by atoms with Crippen molar-refractivity contribution in [1.82, 2.24) is 4.68 Å². The van der Waals surface area contributed by atoms with Gasteiger partial charge in [0.05, 0.1) is 11.9 Å². The summed E-state index contributed by atoms with van der Waals surface area (Å²) in [6.45, 7) is 2.81. The number of halogens is 1. The zero-order chi connectivity index (χ0) is 16.8. The molecule has 0 N–H and O–H groups in total. The van der Waals surface area contributed by atoms with E-state index in [2.05, 4.69) is 50.7 Å². The zero-order valence-electron chi connectivity index (χ0n) is 13.4. The molecule has 0 fully saturated rings. The first-order chi connectivity index (χ1) is 11.7. The maximum Gasteiger partial charge on any atom is 0.205 e. The number of hydrogen-bond acceptors (Lipinski definition) is 3. The van der Waals surface area contributed by atoms with E-state index in [1.165, 1.54) is 5.56 Å². The summed E-state index contributed by atoms with van der Waals surface area (Å²) in [5.74, 6) is 0. The van der Waals surface area contributed by atoms with Crippen molar-refractivity contribution in [3.05, 3.63) is 86.1 Å². The maximum atomic E-state index is 4.71. The highest BCUT2D eigenvalue weighted by Gasteiger charge is 1.99. The van der Waals surface area contributed by atoms with Crippen molar-refractivity contribution in [3.8, 4) is 0 Å². The number of nitrogens with zero attached hydrogens (tertiary/aromatic N) is 3. The van der Waals surface area contributed by atoms with E-state index in [-0.39, 0.29) is 0 Å². The van der Waals surface area contributed by atoms with Crippen LogP contribution < -0.4 is 4.80 Å². The van der Waals surface area contributed by atoms with Crippen molar-refractivity contribution < 1.29 is 0 Å². The van der Waals surface area contributed by atoms with Crippen molar-refractivity contribution in [1.29, 1.82) is 0 Å². The molecule has 5 heteroatoms. The lowest BCUT2D eigenvalue weighted by Crippen LogP contribution is -2.13. The van der Waals surface area contributed by atoms with Gasteiger partial charge in [-0.1, -0.05) is 58.4 Å². The zero-order valence-corrected chi connectivity index (χ0v) is 15.8. The number of hydrogen-bond donors (Lipinski definition) is 0. The molecule has 0 saturated heterocycles. The van der Waals surface area contributed by atoms with Crippen LogP contribution in [0.25, 0.3) is 0 Å². The second-order valence-electron chi connectivity index (χ2n) is 5.39. The summed E-state index contributed by atoms with van der Waals surface area (Å²) in [5, 5.41) is 6.67. The summed E-state index contributed by atoms with van der Waals surface area (Å²) in [6.07, 6.45) is 2.80. The Balaban J connectivity index is 1.77. The van der Waals surface area contributed by atoms with E-state index in [1.807, 2.05) is 48.1 Å². The van der Waals surface area contributed by atoms with Crippen LogP contribution in [0.1, 0.15) is 16.8 Å². The fourth-order valence-electron chi connectivity index (χ4n) is 2.27. The minimum atomic E-state index is 0.760. The molecule has 3 aromatic rings. The lowest BCUT2D eigenvalue weighted by atomic mass is 10.2. The molecule has 0 aliphatic rings. The van der Waals surface area contributed by atoms with Crippen molar-refractivity contribution in [3.63, 3.8) is 0 Å². The quantitative estimate of drug-likeness (QED) is 0.559. The molecule has 0 amide bonds. The highest BCUT2D eigenvalue weighted by atomic mass is 79.9. The molecule has 0 radical (unpaired) electrons. The topological polar surface area (TPSA) is 29.6 Å². The highest BCUT2D eigenvalue weighted by Crippen LogP contribution is 2.10. The molecule has 24 heavy (non-hydrogen) atoms. The average molecular weight is 400 g/mol. The van der Waals surface area contributed by atoms with E-state index < -0.39 is 0 Å². The van der Waals surface area contributed by atoms with Gasteiger partial charge in [-0.2, -0.15) is 5.10 Å². The second kappa shape index (κ2) is 8.22. The number of rotatable bonds is 5. The minimum Gasteiger partial charge on any atom is -0.257 e. The Morgan fingerprint density at radius 3 is 2.75 bits per heavy atom. The third kappa shape index (κ3) is 4.52. The van der Waals surface area contributed by atoms with Crippen molar-refractivity contribution in [2.24, 2.45) is 10.1 Å². The molecule has 1 heterocycles. The van der Waals surface area contributed by atoms with Gasteiger partial charge in [0.1, 0.15) is 0 Å². The van der Waals surface area contributed by atoms with Crippen molar-refractivity contribution in [2.75, 3.05) is 6.54 Å². The molecule has 0 spiro atoms. The van der Waals surface area contributed by atoms with Gasteiger partial charge in [0.15, 0.2) is 0 Å². The molecule has 0 atom stereocenters. The molecular formula is C19H18BrN3S. The molecule has 0 saturated carbocycles. The third-order valence-corrected chi connectivity index (χ3v) is 4.98. The molecule has 0 bridgehead atoms. The van der Waals surface area contributed by atoms with Crippen LogP contribution in [-0.2, 0) is 6.42 Å². The van der Waals surface area contributed by atoms with E-state index in [9.17, 15) is 0 Å². The van der Waals surface area contributed by atoms with Crippen LogP contribution >= 0.6 is 27.3 Å². The van der Waals surface area contributed by atoms with Gasteiger partial charge in [-0.05, 0) is 36.6 Å². The standard InChI is InChI=1S/C19H18BrN3S/c1-15-14-24-19(21-11-10-16-6-3-2-4-7-16)23(15)22-13-17-8-5-9-18(20)12-17/h2-9,12-14H,10-11H2,1H3. The smallest absolute Gasteiger partial charge is 0.205 e. The van der Waals surface area contributed by atoms with Crippen LogP contribution in [-0.4, -0.2) is 17.4 Å². The Bertz CT molecular complexity index is 894. The number of aryl methyl sites for hydroxylation is 1. The van der Waals surface area contributed by atoms with Gasteiger partial charge in [0.2, 0.25) is 4.80 Å². The lowest BCUT2D eigenvalue weighted by molar-refractivity contribution is 0.783. The largest absolute Gasteiger partial charge is 0.257 e. The highest BCUT2D eigenvalue weighted by molar-refractivity contribution is 9.10. The van der Waals surface area contributed by atoms with E-state index in [4.69, 9.17) is 4.99 Å². The second-order valence-corrected chi connectivity index (χ2v) is 7.14. The van der Waals surface area contributed by atoms with Gasteiger partial charge in [0.25, 0.3) is 0 Å². The predicted octanol–water partition coefficient (Wildman–Crippen LogP) is 4.65. The Morgan fingerprint density at radius 2 is 1.96 bits per heavy atom. The van der Waals surface area contributed by atoms with E-state index >= 15 is 0 Å². The van der Waals surface area contributed by atoms with Gasteiger partial charge in [0, 0.05) is 16.4 Å². The van der Waals surface area contributed by atoms with Crippen LogP contribution in [0.4, 0.5) is 0 Å². The molecule has 122 valence electrons. The Kier molecular flexibility index (Phi) is 5.77. The molecule has 1 aromatic heterocycles. The minimum absolute atomic E-state index is 0.760.